The number of rotatable bonds is 5. The summed E-state index contributed by atoms with van der Waals surface area (Å²) in [5.41, 5.74) is 7.01. The Hall–Kier alpha value is -0.170. The lowest BCUT2D eigenvalue weighted by Crippen LogP contribution is -2.52. The first kappa shape index (κ1) is 23.0. The Balaban J connectivity index is 1.56. The Morgan fingerprint density at radius 3 is 2.47 bits per heavy atom. The van der Waals surface area contributed by atoms with Gasteiger partial charge in [-0.3, -0.25) is 0 Å². The lowest BCUT2D eigenvalue weighted by Gasteiger charge is -2.60. The molecule has 4 rings (SSSR count). The minimum Gasteiger partial charge on any atom is -0.161 e. The summed E-state index contributed by atoms with van der Waals surface area (Å²) in [6.45, 7) is 15.1. The summed E-state index contributed by atoms with van der Waals surface area (Å²) >= 11 is 2.14. The maximum atomic E-state index is 2.70. The number of thioether (sulfide) groups is 1. The van der Waals surface area contributed by atoms with Gasteiger partial charge in [-0.15, -0.1) is 0 Å². The highest BCUT2D eigenvalue weighted by Crippen LogP contribution is 2.68. The molecule has 2 fully saturated rings. The van der Waals surface area contributed by atoms with Gasteiger partial charge in [0.25, 0.3) is 0 Å². The molecule has 170 valence electrons. The summed E-state index contributed by atoms with van der Waals surface area (Å²) in [5.74, 6) is 2.77. The van der Waals surface area contributed by atoms with Crippen molar-refractivity contribution in [1.82, 2.24) is 0 Å². The summed E-state index contributed by atoms with van der Waals surface area (Å²) in [4.78, 5) is 0. The normalized spacial score (nSPS) is 42.4. The zero-order valence-corrected chi connectivity index (χ0v) is 21.9. The van der Waals surface area contributed by atoms with Gasteiger partial charge in [0.2, 0.25) is 0 Å². The second kappa shape index (κ2) is 8.31. The molecular weight excluding hydrogens is 380 g/mol. The molecule has 0 aromatic carbocycles. The molecule has 0 saturated heterocycles. The van der Waals surface area contributed by atoms with Crippen LogP contribution >= 0.6 is 11.8 Å². The van der Waals surface area contributed by atoms with Crippen LogP contribution in [-0.2, 0) is 0 Å². The molecule has 0 N–H and O–H groups in total. The third-order valence-electron chi connectivity index (χ3n) is 10.7. The van der Waals surface area contributed by atoms with Gasteiger partial charge in [-0.25, -0.2) is 0 Å². The lowest BCUT2D eigenvalue weighted by atomic mass is 9.46. The van der Waals surface area contributed by atoms with E-state index in [1.54, 1.807) is 0 Å². The van der Waals surface area contributed by atoms with Gasteiger partial charge < -0.3 is 0 Å². The van der Waals surface area contributed by atoms with Crippen molar-refractivity contribution >= 4 is 11.8 Å². The molecule has 4 aliphatic carbocycles. The molecule has 4 aliphatic rings. The quantitative estimate of drug-likeness (QED) is 0.310. The predicted octanol–water partition coefficient (Wildman–Crippen LogP) is 9.21. The Kier molecular flexibility index (Phi) is 6.37. The van der Waals surface area contributed by atoms with Crippen LogP contribution in [0.2, 0.25) is 0 Å². The van der Waals surface area contributed by atoms with Crippen LogP contribution in [0, 0.1) is 34.0 Å². The number of unbranched alkanes of at least 4 members (excludes halogenated alkanes) is 1. The van der Waals surface area contributed by atoms with E-state index in [1.165, 1.54) is 76.2 Å². The predicted molar refractivity (Wildman–Crippen MR) is 135 cm³/mol. The summed E-state index contributed by atoms with van der Waals surface area (Å²) in [6.07, 6.45) is 20.6. The maximum Gasteiger partial charge on any atom is 0.00987 e. The van der Waals surface area contributed by atoms with Crippen LogP contribution in [0.15, 0.2) is 22.8 Å². The molecule has 6 atom stereocenters. The van der Waals surface area contributed by atoms with E-state index in [0.717, 1.165) is 23.0 Å². The van der Waals surface area contributed by atoms with E-state index in [-0.39, 0.29) is 0 Å². The third-order valence-corrected chi connectivity index (χ3v) is 12.1. The molecule has 0 aromatic rings. The van der Waals surface area contributed by atoms with E-state index in [2.05, 4.69) is 65.6 Å². The molecule has 6 unspecified atom stereocenters. The van der Waals surface area contributed by atoms with E-state index in [4.69, 9.17) is 0 Å². The van der Waals surface area contributed by atoms with Gasteiger partial charge in [-0.2, -0.15) is 11.8 Å². The number of allylic oxidation sites excluding steroid dienone is 4. The third kappa shape index (κ3) is 3.58. The van der Waals surface area contributed by atoms with Crippen LogP contribution in [0.3, 0.4) is 0 Å². The average molecular weight is 429 g/mol. The van der Waals surface area contributed by atoms with Crippen LogP contribution in [0.5, 0.6) is 0 Å². The van der Waals surface area contributed by atoms with Gasteiger partial charge in [0.15, 0.2) is 0 Å². The first-order valence-electron chi connectivity index (χ1n) is 13.0. The molecule has 0 aliphatic heterocycles. The molecule has 0 bridgehead atoms. The molecule has 30 heavy (non-hydrogen) atoms. The van der Waals surface area contributed by atoms with E-state index in [9.17, 15) is 0 Å². The van der Waals surface area contributed by atoms with Gasteiger partial charge in [-0.05, 0) is 125 Å². The molecule has 0 amide bonds. The Labute approximate surface area is 192 Å². The van der Waals surface area contributed by atoms with Crippen molar-refractivity contribution in [2.45, 2.75) is 117 Å². The van der Waals surface area contributed by atoms with Crippen molar-refractivity contribution in [3.05, 3.63) is 22.8 Å². The van der Waals surface area contributed by atoms with Gasteiger partial charge in [0, 0.05) is 5.25 Å². The molecular formula is C29H48S. The van der Waals surface area contributed by atoms with E-state index >= 15 is 0 Å². The fourth-order valence-electron chi connectivity index (χ4n) is 9.03. The minimum absolute atomic E-state index is 0.481. The topological polar surface area (TPSA) is 0 Å². The van der Waals surface area contributed by atoms with Crippen LogP contribution in [0.25, 0.3) is 0 Å². The highest BCUT2D eigenvalue weighted by atomic mass is 32.2. The molecule has 0 heterocycles. The van der Waals surface area contributed by atoms with Gasteiger partial charge >= 0.3 is 0 Å². The number of hydrogen-bond donors (Lipinski definition) is 0. The average Bonchev–Trinajstić information content (AvgIpc) is 3.01. The molecule has 1 heteroatoms. The summed E-state index contributed by atoms with van der Waals surface area (Å²) in [7, 11) is 0. The molecule has 0 radical (unpaired) electrons. The summed E-state index contributed by atoms with van der Waals surface area (Å²) in [6, 6.07) is 0. The maximum absolute atomic E-state index is 2.70. The van der Waals surface area contributed by atoms with E-state index in [1.807, 2.05) is 11.1 Å². The molecule has 0 spiro atoms. The molecule has 0 nitrogen and oxygen atoms in total. The molecule has 2 saturated carbocycles. The van der Waals surface area contributed by atoms with Crippen molar-refractivity contribution in [2.75, 3.05) is 6.26 Å². The van der Waals surface area contributed by atoms with Crippen LogP contribution in [-0.4, -0.2) is 11.5 Å². The van der Waals surface area contributed by atoms with Crippen LogP contribution in [0.1, 0.15) is 112 Å². The smallest absolute Gasteiger partial charge is 0.00987 e. The van der Waals surface area contributed by atoms with Crippen molar-refractivity contribution in [3.8, 4) is 0 Å². The van der Waals surface area contributed by atoms with E-state index < -0.39 is 0 Å². The first-order valence-corrected chi connectivity index (χ1v) is 14.3. The Morgan fingerprint density at radius 1 is 1.00 bits per heavy atom. The Bertz CT molecular complexity index is 708. The van der Waals surface area contributed by atoms with Crippen molar-refractivity contribution in [2.24, 2.45) is 34.0 Å². The largest absolute Gasteiger partial charge is 0.161 e. The zero-order chi connectivity index (χ0) is 21.7. The SMILES string of the molecule is CSC1CCC2(C)C3=C(CCC2C1(C)C)C1CCC(CCCC=C(C)C)C1(C)CC3. The fraction of sp³-hybridized carbons (Fsp3) is 0.862. The number of fused-ring (bicyclic) bond motifs is 4. The van der Waals surface area contributed by atoms with Crippen molar-refractivity contribution < 1.29 is 0 Å². The highest BCUT2D eigenvalue weighted by Gasteiger charge is 2.58. The zero-order valence-electron chi connectivity index (χ0n) is 21.1. The monoisotopic (exact) mass is 428 g/mol. The second-order valence-corrected chi connectivity index (χ2v) is 13.7. The molecule has 0 aromatic heterocycles. The van der Waals surface area contributed by atoms with E-state index in [0.29, 0.717) is 16.2 Å². The first-order chi connectivity index (χ1) is 14.1. The van der Waals surface area contributed by atoms with Gasteiger partial charge in [-0.1, -0.05) is 50.5 Å². The number of hydrogen-bond acceptors (Lipinski definition) is 1. The summed E-state index contributed by atoms with van der Waals surface area (Å²) < 4.78 is 0. The van der Waals surface area contributed by atoms with Crippen molar-refractivity contribution in [3.63, 3.8) is 0 Å². The second-order valence-electron chi connectivity index (χ2n) is 12.6. The standard InChI is InChI=1S/C29H48S/c1-20(2)10-8-9-11-21-12-14-23-22-13-15-25-27(3,4)26(30-7)17-19-29(25,6)24(22)16-18-28(21,23)5/h10,21,23,25-26H,8-9,11-19H2,1-7H3. The fourth-order valence-corrected chi connectivity index (χ4v) is 10.2. The van der Waals surface area contributed by atoms with Crippen molar-refractivity contribution in [1.29, 1.82) is 0 Å². The van der Waals surface area contributed by atoms with Gasteiger partial charge in [0.05, 0.1) is 0 Å². The summed E-state index contributed by atoms with van der Waals surface area (Å²) in [5, 5.41) is 0.850. The Morgan fingerprint density at radius 2 is 1.77 bits per heavy atom. The highest BCUT2D eigenvalue weighted by molar-refractivity contribution is 7.99. The minimum atomic E-state index is 0.481. The lowest BCUT2D eigenvalue weighted by molar-refractivity contribution is 0.00314. The van der Waals surface area contributed by atoms with Crippen LogP contribution < -0.4 is 0 Å². The van der Waals surface area contributed by atoms with Crippen LogP contribution in [0.4, 0.5) is 0 Å². The van der Waals surface area contributed by atoms with Gasteiger partial charge in [0.1, 0.15) is 0 Å².